The average molecular weight is 339 g/mol. The van der Waals surface area contributed by atoms with Gasteiger partial charge in [-0.2, -0.15) is 0 Å². The summed E-state index contributed by atoms with van der Waals surface area (Å²) in [6.07, 6.45) is 0.829. The Morgan fingerprint density at radius 3 is 2.24 bits per heavy atom. The van der Waals surface area contributed by atoms with Gasteiger partial charge in [0.05, 0.1) is 0 Å². The number of rotatable bonds is 7. The highest BCUT2D eigenvalue weighted by molar-refractivity contribution is 5.94. The Bertz CT molecular complexity index is 745. The molecule has 0 aliphatic heterocycles. The van der Waals surface area contributed by atoms with Crippen molar-refractivity contribution in [2.24, 2.45) is 0 Å². The topological polar surface area (TPSA) is 87.3 Å². The zero-order valence-electron chi connectivity index (χ0n) is 14.0. The second-order valence-electron chi connectivity index (χ2n) is 5.54. The molecule has 0 fully saturated rings. The number of hydrogen-bond donors (Lipinski definition) is 3. The van der Waals surface area contributed by atoms with E-state index in [1.165, 1.54) is 6.92 Å². The zero-order chi connectivity index (χ0) is 18.1. The molecule has 6 heteroatoms. The summed E-state index contributed by atoms with van der Waals surface area (Å²) < 4.78 is 0. The van der Waals surface area contributed by atoms with Gasteiger partial charge in [0, 0.05) is 36.8 Å². The molecule has 3 N–H and O–H groups in total. The first-order valence-corrected chi connectivity index (χ1v) is 8.05. The van der Waals surface area contributed by atoms with Crippen LogP contribution in [0.5, 0.6) is 0 Å². The summed E-state index contributed by atoms with van der Waals surface area (Å²) in [5.41, 5.74) is 1.84. The molecule has 0 saturated carbocycles. The summed E-state index contributed by atoms with van der Waals surface area (Å²) >= 11 is 0. The molecule has 0 atom stereocenters. The first-order chi connectivity index (χ1) is 12.0. The van der Waals surface area contributed by atoms with Crippen LogP contribution in [0.3, 0.4) is 0 Å². The van der Waals surface area contributed by atoms with Crippen LogP contribution in [-0.4, -0.2) is 24.3 Å². The van der Waals surface area contributed by atoms with Crippen molar-refractivity contribution in [3.8, 4) is 0 Å². The van der Waals surface area contributed by atoms with Crippen molar-refractivity contribution < 1.29 is 14.4 Å². The van der Waals surface area contributed by atoms with E-state index in [1.807, 2.05) is 6.07 Å². The van der Waals surface area contributed by atoms with Gasteiger partial charge in [-0.15, -0.1) is 0 Å². The van der Waals surface area contributed by atoms with Crippen molar-refractivity contribution in [1.29, 1.82) is 0 Å². The molecule has 0 bridgehead atoms. The summed E-state index contributed by atoms with van der Waals surface area (Å²) in [5.74, 6) is -0.462. The molecule has 25 heavy (non-hydrogen) atoms. The molecular formula is C19H21N3O3. The Balaban J connectivity index is 1.72. The van der Waals surface area contributed by atoms with Gasteiger partial charge in [0.25, 0.3) is 5.91 Å². The van der Waals surface area contributed by atoms with E-state index in [1.54, 1.807) is 48.5 Å². The van der Waals surface area contributed by atoms with Crippen LogP contribution in [0.25, 0.3) is 0 Å². The molecule has 0 aliphatic carbocycles. The third kappa shape index (κ3) is 6.47. The van der Waals surface area contributed by atoms with E-state index in [0.29, 0.717) is 36.3 Å². The molecule has 2 rings (SSSR count). The van der Waals surface area contributed by atoms with Gasteiger partial charge in [-0.25, -0.2) is 0 Å². The van der Waals surface area contributed by atoms with Crippen molar-refractivity contribution in [3.63, 3.8) is 0 Å². The summed E-state index contributed by atoms with van der Waals surface area (Å²) in [4.78, 5) is 34.9. The summed E-state index contributed by atoms with van der Waals surface area (Å²) in [6.45, 7) is 1.85. The van der Waals surface area contributed by atoms with Crippen LogP contribution in [0.1, 0.15) is 30.1 Å². The van der Waals surface area contributed by atoms with Crippen molar-refractivity contribution in [1.82, 2.24) is 5.32 Å². The predicted molar refractivity (Wildman–Crippen MR) is 97.4 cm³/mol. The largest absolute Gasteiger partial charge is 0.352 e. The molecule has 0 heterocycles. The maximum absolute atomic E-state index is 11.9. The fraction of sp³-hybridized carbons (Fsp3) is 0.211. The van der Waals surface area contributed by atoms with E-state index >= 15 is 0 Å². The second-order valence-corrected chi connectivity index (χ2v) is 5.54. The maximum Gasteiger partial charge on any atom is 0.251 e. The normalized spacial score (nSPS) is 9.96. The highest BCUT2D eigenvalue weighted by Gasteiger charge is 2.06. The van der Waals surface area contributed by atoms with Gasteiger partial charge in [-0.3, -0.25) is 14.4 Å². The SMILES string of the molecule is CC(=O)Nc1cccc(NC(=O)CCCNC(=O)c2ccccc2)c1. The van der Waals surface area contributed by atoms with Gasteiger partial charge in [-0.1, -0.05) is 24.3 Å². The van der Waals surface area contributed by atoms with E-state index in [-0.39, 0.29) is 17.7 Å². The summed E-state index contributed by atoms with van der Waals surface area (Å²) in [6, 6.07) is 15.9. The number of nitrogens with one attached hydrogen (secondary N) is 3. The van der Waals surface area contributed by atoms with E-state index in [4.69, 9.17) is 0 Å². The van der Waals surface area contributed by atoms with Gasteiger partial charge in [0.1, 0.15) is 0 Å². The average Bonchev–Trinajstić information content (AvgIpc) is 2.59. The van der Waals surface area contributed by atoms with Crippen LogP contribution >= 0.6 is 0 Å². The Hall–Kier alpha value is -3.15. The lowest BCUT2D eigenvalue weighted by atomic mass is 10.2. The van der Waals surface area contributed by atoms with Crippen LogP contribution in [0, 0.1) is 0 Å². The lowest BCUT2D eigenvalue weighted by molar-refractivity contribution is -0.116. The molecule has 0 saturated heterocycles. The second kappa shape index (κ2) is 9.22. The van der Waals surface area contributed by atoms with Crippen molar-refractivity contribution in [2.75, 3.05) is 17.2 Å². The molecule has 0 aromatic heterocycles. The lowest BCUT2D eigenvalue weighted by Gasteiger charge is -2.08. The van der Waals surface area contributed by atoms with E-state index < -0.39 is 0 Å². The molecule has 0 unspecified atom stereocenters. The zero-order valence-corrected chi connectivity index (χ0v) is 14.0. The van der Waals surface area contributed by atoms with E-state index in [0.717, 1.165) is 0 Å². The molecule has 0 radical (unpaired) electrons. The van der Waals surface area contributed by atoms with Crippen LogP contribution in [0.4, 0.5) is 11.4 Å². The Morgan fingerprint density at radius 1 is 0.880 bits per heavy atom. The highest BCUT2D eigenvalue weighted by atomic mass is 16.2. The quantitative estimate of drug-likeness (QED) is 0.678. The number of benzene rings is 2. The molecule has 130 valence electrons. The Morgan fingerprint density at radius 2 is 1.56 bits per heavy atom. The van der Waals surface area contributed by atoms with Crippen LogP contribution in [0.2, 0.25) is 0 Å². The van der Waals surface area contributed by atoms with Gasteiger partial charge in [0.15, 0.2) is 0 Å². The standard InChI is InChI=1S/C19H21N3O3/c1-14(23)21-16-9-5-10-17(13-16)22-18(24)11-6-12-20-19(25)15-7-3-2-4-8-15/h2-5,7-10,13H,6,11-12H2,1H3,(H,20,25)(H,21,23)(H,22,24). The number of anilines is 2. The number of hydrogen-bond acceptors (Lipinski definition) is 3. The molecule has 0 spiro atoms. The summed E-state index contributed by atoms with van der Waals surface area (Å²) in [5, 5.41) is 8.22. The number of carbonyl (C=O) groups is 3. The minimum Gasteiger partial charge on any atom is -0.352 e. The molecule has 3 amide bonds. The van der Waals surface area contributed by atoms with Gasteiger partial charge in [0.2, 0.25) is 11.8 Å². The highest BCUT2D eigenvalue weighted by Crippen LogP contribution is 2.15. The third-order valence-electron chi connectivity index (χ3n) is 3.37. The van der Waals surface area contributed by atoms with E-state index in [9.17, 15) is 14.4 Å². The predicted octanol–water partition coefficient (Wildman–Crippen LogP) is 2.79. The molecule has 6 nitrogen and oxygen atoms in total. The van der Waals surface area contributed by atoms with Crippen molar-refractivity contribution in [2.45, 2.75) is 19.8 Å². The first-order valence-electron chi connectivity index (χ1n) is 8.05. The minimum absolute atomic E-state index is 0.145. The molecule has 2 aromatic rings. The third-order valence-corrected chi connectivity index (χ3v) is 3.37. The molecule has 0 aliphatic rings. The van der Waals surface area contributed by atoms with Crippen LogP contribution in [-0.2, 0) is 9.59 Å². The van der Waals surface area contributed by atoms with Crippen molar-refractivity contribution in [3.05, 3.63) is 60.2 Å². The smallest absolute Gasteiger partial charge is 0.251 e. The van der Waals surface area contributed by atoms with E-state index in [2.05, 4.69) is 16.0 Å². The summed E-state index contributed by atoms with van der Waals surface area (Å²) in [7, 11) is 0. The Labute approximate surface area is 146 Å². The van der Waals surface area contributed by atoms with Crippen LogP contribution < -0.4 is 16.0 Å². The fourth-order valence-corrected chi connectivity index (χ4v) is 2.24. The van der Waals surface area contributed by atoms with Crippen molar-refractivity contribution >= 4 is 29.1 Å². The minimum atomic E-state index is -0.169. The molecular weight excluding hydrogens is 318 g/mol. The number of carbonyl (C=O) groups excluding carboxylic acids is 3. The van der Waals surface area contributed by atoms with Crippen LogP contribution in [0.15, 0.2) is 54.6 Å². The number of amides is 3. The fourth-order valence-electron chi connectivity index (χ4n) is 2.24. The lowest BCUT2D eigenvalue weighted by Crippen LogP contribution is -2.25. The molecule has 2 aromatic carbocycles. The van der Waals surface area contributed by atoms with Gasteiger partial charge >= 0.3 is 0 Å². The monoisotopic (exact) mass is 339 g/mol. The van der Waals surface area contributed by atoms with Gasteiger partial charge in [-0.05, 0) is 36.8 Å². The first kappa shape index (κ1) is 18.2. The van der Waals surface area contributed by atoms with Gasteiger partial charge < -0.3 is 16.0 Å². The maximum atomic E-state index is 11.9. The Kier molecular flexibility index (Phi) is 6.71.